The predicted molar refractivity (Wildman–Crippen MR) is 114 cm³/mol. The van der Waals surface area contributed by atoms with E-state index in [4.69, 9.17) is 14.7 Å². The van der Waals surface area contributed by atoms with Gasteiger partial charge in [-0.3, -0.25) is 0 Å². The van der Waals surface area contributed by atoms with Crippen LogP contribution < -0.4 is 10.2 Å². The zero-order valence-electron chi connectivity index (χ0n) is 16.3. The molecule has 3 aromatic rings. The molecule has 1 aliphatic heterocycles. The van der Waals surface area contributed by atoms with Crippen molar-refractivity contribution in [3.05, 3.63) is 59.7 Å². The molecule has 0 radical (unpaired) electrons. The third-order valence-electron chi connectivity index (χ3n) is 5.52. The van der Waals surface area contributed by atoms with Gasteiger partial charge < -0.3 is 20.1 Å². The lowest BCUT2D eigenvalue weighted by Gasteiger charge is -2.27. The maximum absolute atomic E-state index is 9.90. The highest BCUT2D eigenvalue weighted by atomic mass is 16.5. The smallest absolute Gasteiger partial charge is 0.228 e. The lowest BCUT2D eigenvalue weighted by Crippen LogP contribution is -2.37. The second kappa shape index (κ2) is 7.72. The van der Waals surface area contributed by atoms with Crippen LogP contribution in [0.5, 0.6) is 5.75 Å². The Balaban J connectivity index is 1.52. The minimum absolute atomic E-state index is 0.224. The van der Waals surface area contributed by atoms with Crippen molar-refractivity contribution in [3.63, 3.8) is 0 Å². The van der Waals surface area contributed by atoms with Crippen LogP contribution in [0.1, 0.15) is 17.5 Å². The van der Waals surface area contributed by atoms with Crippen molar-refractivity contribution in [2.24, 2.45) is 0 Å². The van der Waals surface area contributed by atoms with Gasteiger partial charge in [-0.15, -0.1) is 0 Å². The number of hydrogen-bond donors (Lipinski definition) is 2. The molecule has 1 aromatic heterocycles. The summed E-state index contributed by atoms with van der Waals surface area (Å²) in [6, 6.07) is 15.7. The summed E-state index contributed by atoms with van der Waals surface area (Å²) in [5, 5.41) is 13.4. The van der Waals surface area contributed by atoms with E-state index in [1.165, 1.54) is 24.0 Å². The Labute approximate surface area is 170 Å². The largest absolute Gasteiger partial charge is 0.508 e. The van der Waals surface area contributed by atoms with Gasteiger partial charge in [-0.2, -0.15) is 4.98 Å². The summed E-state index contributed by atoms with van der Waals surface area (Å²) in [6.07, 6.45) is 3.54. The molecule has 2 aromatic carbocycles. The van der Waals surface area contributed by atoms with Crippen LogP contribution in [0.4, 0.5) is 17.5 Å². The normalized spacial score (nSPS) is 15.9. The van der Waals surface area contributed by atoms with Crippen LogP contribution in [0.15, 0.2) is 48.5 Å². The molecule has 1 fully saturated rings. The van der Waals surface area contributed by atoms with Gasteiger partial charge >= 0.3 is 0 Å². The Morgan fingerprint density at radius 3 is 2.66 bits per heavy atom. The van der Waals surface area contributed by atoms with E-state index in [1.807, 2.05) is 18.2 Å². The first-order valence-electron chi connectivity index (χ1n) is 10.1. The summed E-state index contributed by atoms with van der Waals surface area (Å²) in [4.78, 5) is 11.7. The first-order valence-corrected chi connectivity index (χ1v) is 10.1. The monoisotopic (exact) mass is 388 g/mol. The molecule has 0 bridgehead atoms. The number of ether oxygens (including phenoxy) is 1. The molecule has 2 N–H and O–H groups in total. The number of hydrogen-bond acceptors (Lipinski definition) is 6. The van der Waals surface area contributed by atoms with Gasteiger partial charge in [0.1, 0.15) is 11.6 Å². The summed E-state index contributed by atoms with van der Waals surface area (Å²) >= 11 is 0. The quantitative estimate of drug-likeness (QED) is 0.706. The molecule has 0 atom stereocenters. The van der Waals surface area contributed by atoms with Gasteiger partial charge in [0.15, 0.2) is 0 Å². The topological polar surface area (TPSA) is 70.5 Å². The number of morpholine rings is 1. The van der Waals surface area contributed by atoms with Gasteiger partial charge in [-0.25, -0.2) is 4.98 Å². The fourth-order valence-electron chi connectivity index (χ4n) is 4.01. The Morgan fingerprint density at radius 1 is 0.931 bits per heavy atom. The van der Waals surface area contributed by atoms with Crippen molar-refractivity contribution < 1.29 is 9.84 Å². The van der Waals surface area contributed by atoms with Crippen LogP contribution in [0, 0.1) is 0 Å². The lowest BCUT2D eigenvalue weighted by atomic mass is 10.1. The molecule has 0 spiro atoms. The number of aromatic hydroxyl groups is 1. The van der Waals surface area contributed by atoms with Gasteiger partial charge in [0, 0.05) is 30.4 Å². The fourth-order valence-corrected chi connectivity index (χ4v) is 4.01. The van der Waals surface area contributed by atoms with Gasteiger partial charge in [0.2, 0.25) is 5.95 Å². The average Bonchev–Trinajstić information content (AvgIpc) is 3.22. The molecule has 0 unspecified atom stereocenters. The second-order valence-corrected chi connectivity index (χ2v) is 7.55. The van der Waals surface area contributed by atoms with Gasteiger partial charge in [0.05, 0.1) is 18.9 Å². The predicted octanol–water partition coefficient (Wildman–Crippen LogP) is 3.92. The number of aryl methyl sites for hydroxylation is 2. The SMILES string of the molecule is Oc1cccc(-c2cc(Nc3ccc4c(c3)CCC4)nc(N3CCOCC3)n2)c1. The maximum Gasteiger partial charge on any atom is 0.228 e. The summed E-state index contributed by atoms with van der Waals surface area (Å²) < 4.78 is 5.47. The zero-order chi connectivity index (χ0) is 19.6. The Hall–Kier alpha value is -3.12. The van der Waals surface area contributed by atoms with Crippen molar-refractivity contribution >= 4 is 17.5 Å². The van der Waals surface area contributed by atoms with Crippen molar-refractivity contribution in [1.29, 1.82) is 0 Å². The van der Waals surface area contributed by atoms with Crippen LogP contribution in [-0.4, -0.2) is 41.4 Å². The van der Waals surface area contributed by atoms with Crippen LogP contribution in [0.25, 0.3) is 11.3 Å². The Morgan fingerprint density at radius 2 is 1.79 bits per heavy atom. The molecule has 6 heteroatoms. The summed E-state index contributed by atoms with van der Waals surface area (Å²) in [7, 11) is 0. The highest BCUT2D eigenvalue weighted by Crippen LogP contribution is 2.29. The van der Waals surface area contributed by atoms with Gasteiger partial charge in [-0.1, -0.05) is 18.2 Å². The number of benzene rings is 2. The number of phenolic OH excluding ortho intramolecular Hbond substituents is 1. The number of anilines is 3. The highest BCUT2D eigenvalue weighted by molar-refractivity contribution is 5.69. The molecule has 1 aliphatic carbocycles. The second-order valence-electron chi connectivity index (χ2n) is 7.55. The van der Waals surface area contributed by atoms with Crippen LogP contribution >= 0.6 is 0 Å². The van der Waals surface area contributed by atoms with E-state index in [2.05, 4.69) is 28.4 Å². The number of aromatic nitrogens is 2. The Bertz CT molecular complexity index is 1030. The average molecular weight is 388 g/mol. The van der Waals surface area contributed by atoms with E-state index in [-0.39, 0.29) is 5.75 Å². The van der Waals surface area contributed by atoms with E-state index in [0.29, 0.717) is 19.2 Å². The number of fused-ring (bicyclic) bond motifs is 1. The molecular weight excluding hydrogens is 364 g/mol. The number of phenols is 1. The van der Waals surface area contributed by atoms with E-state index in [1.54, 1.807) is 12.1 Å². The molecule has 0 saturated carbocycles. The number of rotatable bonds is 4. The first kappa shape index (κ1) is 17.9. The summed E-state index contributed by atoms with van der Waals surface area (Å²) in [6.45, 7) is 2.88. The van der Waals surface area contributed by atoms with Crippen molar-refractivity contribution in [1.82, 2.24) is 9.97 Å². The first-order chi connectivity index (χ1) is 14.2. The minimum Gasteiger partial charge on any atom is -0.508 e. The highest BCUT2D eigenvalue weighted by Gasteiger charge is 2.17. The number of nitrogens with zero attached hydrogens (tertiary/aromatic N) is 3. The van der Waals surface area contributed by atoms with E-state index in [9.17, 15) is 5.11 Å². The van der Waals surface area contributed by atoms with Crippen LogP contribution in [-0.2, 0) is 17.6 Å². The third kappa shape index (κ3) is 3.89. The van der Waals surface area contributed by atoms with E-state index >= 15 is 0 Å². The van der Waals surface area contributed by atoms with Crippen LogP contribution in [0.2, 0.25) is 0 Å². The fraction of sp³-hybridized carbons (Fsp3) is 0.304. The molecule has 2 heterocycles. The minimum atomic E-state index is 0.224. The van der Waals surface area contributed by atoms with E-state index < -0.39 is 0 Å². The molecule has 29 heavy (non-hydrogen) atoms. The molecule has 0 amide bonds. The van der Waals surface area contributed by atoms with Crippen LogP contribution in [0.3, 0.4) is 0 Å². The Kier molecular flexibility index (Phi) is 4.77. The standard InChI is InChI=1S/C23H24N4O2/c28-20-6-2-5-18(14-20)21-15-22(26-23(25-21)27-9-11-29-12-10-27)24-19-8-7-16-3-1-4-17(16)13-19/h2,5-8,13-15,28H,1,3-4,9-12H2,(H,24,25,26). The summed E-state index contributed by atoms with van der Waals surface area (Å²) in [5.74, 6) is 1.65. The summed E-state index contributed by atoms with van der Waals surface area (Å²) in [5.41, 5.74) is 5.55. The zero-order valence-corrected chi connectivity index (χ0v) is 16.3. The lowest BCUT2D eigenvalue weighted by molar-refractivity contribution is 0.122. The van der Waals surface area contributed by atoms with Crippen molar-refractivity contribution in [2.45, 2.75) is 19.3 Å². The molecule has 1 saturated heterocycles. The third-order valence-corrected chi connectivity index (χ3v) is 5.52. The number of nitrogens with one attached hydrogen (secondary N) is 1. The maximum atomic E-state index is 9.90. The molecule has 5 rings (SSSR count). The van der Waals surface area contributed by atoms with Crippen molar-refractivity contribution in [3.8, 4) is 17.0 Å². The van der Waals surface area contributed by atoms with Gasteiger partial charge in [0.25, 0.3) is 0 Å². The molecule has 2 aliphatic rings. The molecule has 6 nitrogen and oxygen atoms in total. The molecular formula is C23H24N4O2. The van der Waals surface area contributed by atoms with Gasteiger partial charge in [-0.05, 0) is 54.7 Å². The van der Waals surface area contributed by atoms with Crippen molar-refractivity contribution in [2.75, 3.05) is 36.5 Å². The molecule has 148 valence electrons. The van der Waals surface area contributed by atoms with E-state index in [0.717, 1.165) is 42.3 Å².